The van der Waals surface area contributed by atoms with Gasteiger partial charge in [-0.1, -0.05) is 0 Å². The molecule has 0 heterocycles. The zero-order valence-corrected chi connectivity index (χ0v) is 7.22. The monoisotopic (exact) mass is 161 g/mol. The zero-order chi connectivity index (χ0) is 8.91. The third kappa shape index (κ3) is 3.34. The first kappa shape index (κ1) is 10.4. The molecule has 0 aliphatic rings. The van der Waals surface area contributed by atoms with E-state index in [1.807, 2.05) is 0 Å². The van der Waals surface area contributed by atoms with Gasteiger partial charge in [-0.2, -0.15) is 0 Å². The minimum atomic E-state index is -0.926. The number of rotatable bonds is 4. The third-order valence-corrected chi connectivity index (χ3v) is 1.48. The first-order valence-electron chi connectivity index (χ1n) is 3.41. The predicted molar refractivity (Wildman–Crippen MR) is 41.1 cm³/mol. The predicted octanol–water partition coefficient (Wildman–Crippen LogP) is -0.0867. The SMILES string of the molecule is COCCC(C)(N)C(=O)OC. The van der Waals surface area contributed by atoms with Crippen molar-refractivity contribution in [2.45, 2.75) is 18.9 Å². The summed E-state index contributed by atoms with van der Waals surface area (Å²) in [4.78, 5) is 10.9. The van der Waals surface area contributed by atoms with Crippen molar-refractivity contribution >= 4 is 5.97 Å². The highest BCUT2D eigenvalue weighted by molar-refractivity contribution is 5.79. The second-order valence-electron chi connectivity index (χ2n) is 2.65. The van der Waals surface area contributed by atoms with Crippen LogP contribution in [-0.2, 0) is 14.3 Å². The fourth-order valence-corrected chi connectivity index (χ4v) is 0.649. The van der Waals surface area contributed by atoms with Crippen LogP contribution in [0.4, 0.5) is 0 Å². The van der Waals surface area contributed by atoms with Crippen molar-refractivity contribution in [3.8, 4) is 0 Å². The molecule has 2 N–H and O–H groups in total. The average Bonchev–Trinajstić information content (AvgIpc) is 1.99. The van der Waals surface area contributed by atoms with Crippen LogP contribution in [0.15, 0.2) is 0 Å². The summed E-state index contributed by atoms with van der Waals surface area (Å²) < 4.78 is 9.28. The molecule has 0 spiro atoms. The maximum Gasteiger partial charge on any atom is 0.325 e. The molecule has 1 unspecified atom stereocenters. The van der Waals surface area contributed by atoms with E-state index in [9.17, 15) is 4.79 Å². The lowest BCUT2D eigenvalue weighted by atomic mass is 10.0. The molecule has 11 heavy (non-hydrogen) atoms. The van der Waals surface area contributed by atoms with Crippen LogP contribution in [0.25, 0.3) is 0 Å². The van der Waals surface area contributed by atoms with Gasteiger partial charge in [0.2, 0.25) is 0 Å². The van der Waals surface area contributed by atoms with E-state index in [1.54, 1.807) is 14.0 Å². The summed E-state index contributed by atoms with van der Waals surface area (Å²) in [6.07, 6.45) is 0.468. The molecule has 4 nitrogen and oxygen atoms in total. The van der Waals surface area contributed by atoms with Gasteiger partial charge in [-0.05, 0) is 13.3 Å². The van der Waals surface area contributed by atoms with Gasteiger partial charge in [-0.25, -0.2) is 0 Å². The maximum atomic E-state index is 10.9. The number of methoxy groups -OCH3 is 2. The number of ether oxygens (including phenoxy) is 2. The van der Waals surface area contributed by atoms with Crippen molar-refractivity contribution in [2.24, 2.45) is 5.73 Å². The van der Waals surface area contributed by atoms with E-state index < -0.39 is 11.5 Å². The number of nitrogens with two attached hydrogens (primary N) is 1. The highest BCUT2D eigenvalue weighted by Gasteiger charge is 2.28. The fraction of sp³-hybridized carbons (Fsp3) is 0.857. The van der Waals surface area contributed by atoms with E-state index in [2.05, 4.69) is 4.74 Å². The lowest BCUT2D eigenvalue weighted by Gasteiger charge is -2.20. The normalized spacial score (nSPS) is 15.6. The molecular weight excluding hydrogens is 146 g/mol. The Balaban J connectivity index is 3.88. The van der Waals surface area contributed by atoms with Gasteiger partial charge >= 0.3 is 5.97 Å². The van der Waals surface area contributed by atoms with Gasteiger partial charge in [-0.15, -0.1) is 0 Å². The molecule has 1 atom stereocenters. The summed E-state index contributed by atoms with van der Waals surface area (Å²) >= 11 is 0. The highest BCUT2D eigenvalue weighted by Crippen LogP contribution is 2.06. The molecule has 0 aromatic rings. The summed E-state index contributed by atoms with van der Waals surface area (Å²) in [7, 11) is 2.88. The first-order chi connectivity index (χ1) is 5.04. The molecule has 0 radical (unpaired) electrons. The summed E-state index contributed by atoms with van der Waals surface area (Å²) in [5, 5.41) is 0. The maximum absolute atomic E-state index is 10.9. The van der Waals surface area contributed by atoms with Crippen LogP contribution in [0, 0.1) is 0 Å². The van der Waals surface area contributed by atoms with Crippen LogP contribution in [0.2, 0.25) is 0 Å². The van der Waals surface area contributed by atoms with Gasteiger partial charge in [0.15, 0.2) is 0 Å². The van der Waals surface area contributed by atoms with Crippen LogP contribution in [0.1, 0.15) is 13.3 Å². The minimum Gasteiger partial charge on any atom is -0.468 e. The molecule has 0 aliphatic carbocycles. The van der Waals surface area contributed by atoms with Crippen LogP contribution in [-0.4, -0.2) is 32.3 Å². The van der Waals surface area contributed by atoms with Crippen LogP contribution >= 0.6 is 0 Å². The van der Waals surface area contributed by atoms with Crippen LogP contribution < -0.4 is 5.73 Å². The molecule has 0 amide bonds. The Bertz CT molecular complexity index is 134. The largest absolute Gasteiger partial charge is 0.468 e. The van der Waals surface area contributed by atoms with Gasteiger partial charge in [0, 0.05) is 13.7 Å². The molecule has 0 aliphatic heterocycles. The second-order valence-corrected chi connectivity index (χ2v) is 2.65. The van der Waals surface area contributed by atoms with Crippen LogP contribution in [0.5, 0.6) is 0 Å². The molecule has 0 bridgehead atoms. The van der Waals surface area contributed by atoms with Crippen molar-refractivity contribution in [2.75, 3.05) is 20.8 Å². The lowest BCUT2D eigenvalue weighted by molar-refractivity contribution is -0.147. The van der Waals surface area contributed by atoms with E-state index in [1.165, 1.54) is 7.11 Å². The molecular formula is C7H15NO3. The van der Waals surface area contributed by atoms with Crippen LogP contribution in [0.3, 0.4) is 0 Å². The summed E-state index contributed by atoms with van der Waals surface area (Å²) in [6.45, 7) is 2.08. The van der Waals surface area contributed by atoms with E-state index in [0.29, 0.717) is 13.0 Å². The molecule has 4 heteroatoms. The topological polar surface area (TPSA) is 61.5 Å². The Morgan fingerprint density at radius 1 is 1.55 bits per heavy atom. The number of hydrogen-bond acceptors (Lipinski definition) is 4. The number of carbonyl (C=O) groups excluding carboxylic acids is 1. The van der Waals surface area contributed by atoms with Gasteiger partial charge in [0.05, 0.1) is 7.11 Å². The fourth-order valence-electron chi connectivity index (χ4n) is 0.649. The van der Waals surface area contributed by atoms with Crippen molar-refractivity contribution in [1.82, 2.24) is 0 Å². The zero-order valence-electron chi connectivity index (χ0n) is 7.22. The van der Waals surface area contributed by atoms with E-state index >= 15 is 0 Å². The molecule has 0 rings (SSSR count). The summed E-state index contributed by atoms with van der Waals surface area (Å²) in [5.74, 6) is -0.408. The minimum absolute atomic E-state index is 0.408. The molecule has 0 saturated heterocycles. The Labute approximate surface area is 66.7 Å². The molecule has 0 fully saturated rings. The van der Waals surface area contributed by atoms with Crippen molar-refractivity contribution in [3.63, 3.8) is 0 Å². The number of hydrogen-bond donors (Lipinski definition) is 1. The lowest BCUT2D eigenvalue weighted by Crippen LogP contribution is -2.46. The quantitative estimate of drug-likeness (QED) is 0.585. The second kappa shape index (κ2) is 4.31. The standard InChI is InChI=1S/C7H15NO3/c1-7(8,4-5-10-2)6(9)11-3/h4-5,8H2,1-3H3. The molecule has 66 valence electrons. The van der Waals surface area contributed by atoms with E-state index in [4.69, 9.17) is 10.5 Å². The summed E-state index contributed by atoms with van der Waals surface area (Å²) in [6, 6.07) is 0. The van der Waals surface area contributed by atoms with E-state index in [-0.39, 0.29) is 0 Å². The smallest absolute Gasteiger partial charge is 0.325 e. The summed E-state index contributed by atoms with van der Waals surface area (Å²) in [5.41, 5.74) is 4.68. The Kier molecular flexibility index (Phi) is 4.07. The van der Waals surface area contributed by atoms with Crippen molar-refractivity contribution in [1.29, 1.82) is 0 Å². The molecule has 0 aromatic heterocycles. The van der Waals surface area contributed by atoms with Crippen molar-refractivity contribution in [3.05, 3.63) is 0 Å². The van der Waals surface area contributed by atoms with Gasteiger partial charge in [-0.3, -0.25) is 4.79 Å². The average molecular weight is 161 g/mol. The first-order valence-corrected chi connectivity index (χ1v) is 3.41. The third-order valence-electron chi connectivity index (χ3n) is 1.48. The molecule has 0 aromatic carbocycles. The Morgan fingerprint density at radius 2 is 2.09 bits per heavy atom. The van der Waals surface area contributed by atoms with Gasteiger partial charge in [0.25, 0.3) is 0 Å². The van der Waals surface area contributed by atoms with Crippen molar-refractivity contribution < 1.29 is 14.3 Å². The number of carbonyl (C=O) groups is 1. The molecule has 0 saturated carbocycles. The van der Waals surface area contributed by atoms with Gasteiger partial charge < -0.3 is 15.2 Å². The van der Waals surface area contributed by atoms with E-state index in [0.717, 1.165) is 0 Å². The highest BCUT2D eigenvalue weighted by atomic mass is 16.5. The Hall–Kier alpha value is -0.610. The Morgan fingerprint density at radius 3 is 2.45 bits per heavy atom. The number of esters is 1. The van der Waals surface area contributed by atoms with Gasteiger partial charge in [0.1, 0.15) is 5.54 Å².